The van der Waals surface area contributed by atoms with Crippen molar-refractivity contribution in [1.29, 1.82) is 0 Å². The molecule has 0 bridgehead atoms. The van der Waals surface area contributed by atoms with Crippen molar-refractivity contribution in [2.24, 2.45) is 5.92 Å². The molecule has 3 rings (SSSR count). The lowest BCUT2D eigenvalue weighted by Gasteiger charge is -2.16. The van der Waals surface area contributed by atoms with Crippen LogP contribution in [0.15, 0.2) is 0 Å². The monoisotopic (exact) mass is 430 g/mol. The number of Topliss-reactive ketones (excluding diaryl/α,β-unsaturated/α-hetero) is 1. The van der Waals surface area contributed by atoms with E-state index in [0.717, 1.165) is 15.9 Å². The van der Waals surface area contributed by atoms with Crippen LogP contribution in [0.25, 0.3) is 4.96 Å². The number of carbonyl (C=O) groups excluding carboxylic acids is 1. The lowest BCUT2D eigenvalue weighted by atomic mass is 10.0. The number of hydrogen-bond acceptors (Lipinski definition) is 6. The highest BCUT2D eigenvalue weighted by Crippen LogP contribution is 2.35. The first-order valence-electron chi connectivity index (χ1n) is 8.23. The molecule has 1 atom stereocenters. The number of ketones is 1. The summed E-state index contributed by atoms with van der Waals surface area (Å²) in [4.78, 5) is 17.0. The Balaban J connectivity index is 1.81. The molecule has 0 amide bonds. The number of hydrogen-bond donors (Lipinski definition) is 0. The molecule has 1 saturated heterocycles. The maximum Gasteiger partial charge on any atom is 0.435 e. The van der Waals surface area contributed by atoms with Gasteiger partial charge in [0.05, 0.1) is 18.8 Å². The van der Waals surface area contributed by atoms with Crippen LogP contribution < -0.4 is 0 Å². The molecule has 1 aliphatic heterocycles. The lowest BCUT2D eigenvalue weighted by Crippen LogP contribution is -2.24. The van der Waals surface area contributed by atoms with Crippen molar-refractivity contribution in [3.63, 3.8) is 0 Å². The van der Waals surface area contributed by atoms with E-state index in [9.17, 15) is 31.1 Å². The molecule has 3 heterocycles. The summed E-state index contributed by atoms with van der Waals surface area (Å²) < 4.78 is 83.2. The van der Waals surface area contributed by atoms with Crippen LogP contribution in [0.4, 0.5) is 26.3 Å². The highest BCUT2D eigenvalue weighted by molar-refractivity contribution is 7.16. The summed E-state index contributed by atoms with van der Waals surface area (Å²) in [6, 6.07) is 0. The fourth-order valence-electron chi connectivity index (χ4n) is 3.13. The SMILES string of the molecule is COCc1nn2c(CN3CC(=O)C(CCC(F)(F)F)C3)c(C(F)(F)F)nc2s1. The van der Waals surface area contributed by atoms with Gasteiger partial charge in [-0.15, -0.1) is 0 Å². The Morgan fingerprint density at radius 2 is 1.96 bits per heavy atom. The van der Waals surface area contributed by atoms with Gasteiger partial charge in [0.2, 0.25) is 4.96 Å². The standard InChI is InChI=1S/C15H16F6N4O2S/c1-27-7-11-23-25-9(12(15(19,20)21)22-13(25)28-11)5-24-4-8(10(26)6-24)2-3-14(16,17)18/h8H,2-7H2,1H3. The zero-order valence-corrected chi connectivity index (χ0v) is 15.4. The van der Waals surface area contributed by atoms with E-state index < -0.39 is 36.2 Å². The molecule has 0 saturated carbocycles. The molecule has 0 aliphatic carbocycles. The number of nitrogens with zero attached hydrogens (tertiary/aromatic N) is 4. The van der Waals surface area contributed by atoms with Gasteiger partial charge in [0, 0.05) is 32.5 Å². The first kappa shape index (κ1) is 21.0. The van der Waals surface area contributed by atoms with Crippen LogP contribution in [-0.2, 0) is 28.9 Å². The summed E-state index contributed by atoms with van der Waals surface area (Å²) in [6.07, 6.45) is -10.6. The minimum absolute atomic E-state index is 0.0332. The van der Waals surface area contributed by atoms with Crippen LogP contribution in [0.2, 0.25) is 0 Å². The number of halogens is 6. The van der Waals surface area contributed by atoms with E-state index in [1.807, 2.05) is 0 Å². The minimum Gasteiger partial charge on any atom is -0.377 e. The van der Waals surface area contributed by atoms with Gasteiger partial charge in [0.25, 0.3) is 0 Å². The van der Waals surface area contributed by atoms with Gasteiger partial charge in [0.1, 0.15) is 5.01 Å². The first-order valence-corrected chi connectivity index (χ1v) is 9.05. The first-order chi connectivity index (χ1) is 13.0. The molecule has 13 heteroatoms. The smallest absolute Gasteiger partial charge is 0.377 e. The Hall–Kier alpha value is -1.73. The van der Waals surface area contributed by atoms with Gasteiger partial charge in [-0.3, -0.25) is 9.69 Å². The highest BCUT2D eigenvalue weighted by atomic mass is 32.1. The van der Waals surface area contributed by atoms with Crippen LogP contribution in [0, 0.1) is 5.92 Å². The van der Waals surface area contributed by atoms with Crippen LogP contribution in [0.1, 0.15) is 29.2 Å². The number of carbonyl (C=O) groups is 1. The molecule has 1 unspecified atom stereocenters. The third-order valence-corrected chi connectivity index (χ3v) is 5.22. The molecule has 156 valence electrons. The summed E-state index contributed by atoms with van der Waals surface area (Å²) >= 11 is 0.948. The Kier molecular flexibility index (Phi) is 5.69. The zero-order chi connectivity index (χ0) is 20.7. The number of alkyl halides is 6. The zero-order valence-electron chi connectivity index (χ0n) is 14.6. The number of likely N-dealkylation sites (tertiary alicyclic amines) is 1. The summed E-state index contributed by atoms with van der Waals surface area (Å²) in [5, 5.41) is 4.50. The molecule has 2 aromatic rings. The molecule has 1 aliphatic rings. The summed E-state index contributed by atoms with van der Waals surface area (Å²) in [5.74, 6) is -1.25. The molecule has 0 radical (unpaired) electrons. The average Bonchev–Trinajstić information content (AvgIpc) is 3.19. The molecule has 0 spiro atoms. The van der Waals surface area contributed by atoms with Crippen molar-refractivity contribution in [1.82, 2.24) is 19.5 Å². The van der Waals surface area contributed by atoms with E-state index in [1.165, 1.54) is 12.0 Å². The van der Waals surface area contributed by atoms with Gasteiger partial charge in [-0.2, -0.15) is 31.4 Å². The van der Waals surface area contributed by atoms with Crippen LogP contribution in [-0.4, -0.2) is 51.7 Å². The largest absolute Gasteiger partial charge is 0.435 e. The Labute approximate surface area is 159 Å². The molecule has 28 heavy (non-hydrogen) atoms. The summed E-state index contributed by atoms with van der Waals surface area (Å²) in [7, 11) is 1.42. The van der Waals surface area contributed by atoms with Gasteiger partial charge in [-0.05, 0) is 6.42 Å². The van der Waals surface area contributed by atoms with Crippen LogP contribution in [0.5, 0.6) is 0 Å². The second-order valence-electron chi connectivity index (χ2n) is 6.51. The number of ether oxygens (including phenoxy) is 1. The third-order valence-electron chi connectivity index (χ3n) is 4.34. The van der Waals surface area contributed by atoms with E-state index in [-0.39, 0.29) is 43.3 Å². The molecule has 0 N–H and O–H groups in total. The fraction of sp³-hybridized carbons (Fsp3) is 0.667. The quantitative estimate of drug-likeness (QED) is 0.659. The van der Waals surface area contributed by atoms with E-state index in [0.29, 0.717) is 5.01 Å². The number of imidazole rings is 1. The lowest BCUT2D eigenvalue weighted by molar-refractivity contribution is -0.142. The van der Waals surface area contributed by atoms with E-state index in [1.54, 1.807) is 0 Å². The second-order valence-corrected chi connectivity index (χ2v) is 7.56. The molecular formula is C15H16F6N4O2S. The maximum atomic E-state index is 13.4. The van der Waals surface area contributed by atoms with Gasteiger partial charge in [-0.25, -0.2) is 9.50 Å². The highest BCUT2D eigenvalue weighted by Gasteiger charge is 2.41. The number of fused-ring (bicyclic) bond motifs is 1. The van der Waals surface area contributed by atoms with E-state index in [4.69, 9.17) is 4.74 Å². The minimum atomic E-state index is -4.72. The van der Waals surface area contributed by atoms with Gasteiger partial charge in [0.15, 0.2) is 11.5 Å². The average molecular weight is 430 g/mol. The third kappa shape index (κ3) is 4.63. The summed E-state index contributed by atoms with van der Waals surface area (Å²) in [5.41, 5.74) is -1.35. The summed E-state index contributed by atoms with van der Waals surface area (Å²) in [6.45, 7) is -0.423. The molecule has 0 aromatic carbocycles. The van der Waals surface area contributed by atoms with E-state index >= 15 is 0 Å². The van der Waals surface area contributed by atoms with Crippen LogP contribution in [0.3, 0.4) is 0 Å². The maximum absolute atomic E-state index is 13.4. The normalized spacial score (nSPS) is 19.2. The topological polar surface area (TPSA) is 59.7 Å². The predicted molar refractivity (Wildman–Crippen MR) is 85.6 cm³/mol. The second kappa shape index (κ2) is 7.59. The fourth-order valence-corrected chi connectivity index (χ4v) is 4.01. The van der Waals surface area contributed by atoms with Crippen molar-refractivity contribution < 1.29 is 35.9 Å². The Bertz CT molecular complexity index is 859. The van der Waals surface area contributed by atoms with Crippen molar-refractivity contribution in [2.75, 3.05) is 20.2 Å². The van der Waals surface area contributed by atoms with Crippen molar-refractivity contribution in [3.8, 4) is 0 Å². The van der Waals surface area contributed by atoms with Crippen molar-refractivity contribution in [3.05, 3.63) is 16.4 Å². The van der Waals surface area contributed by atoms with Crippen molar-refractivity contribution >= 4 is 22.1 Å². The molecule has 6 nitrogen and oxygen atoms in total. The number of methoxy groups -OCH3 is 1. The molecule has 1 fully saturated rings. The molecule has 2 aromatic heterocycles. The Morgan fingerprint density at radius 3 is 2.57 bits per heavy atom. The number of rotatable bonds is 6. The van der Waals surface area contributed by atoms with Gasteiger partial charge >= 0.3 is 12.4 Å². The van der Waals surface area contributed by atoms with Crippen molar-refractivity contribution in [2.45, 2.75) is 38.3 Å². The van der Waals surface area contributed by atoms with Crippen LogP contribution >= 0.6 is 11.3 Å². The molecular weight excluding hydrogens is 414 g/mol. The van der Waals surface area contributed by atoms with Gasteiger partial charge in [-0.1, -0.05) is 11.3 Å². The van der Waals surface area contributed by atoms with E-state index in [2.05, 4.69) is 10.1 Å². The predicted octanol–water partition coefficient (Wildman–Crippen LogP) is 3.30. The number of aromatic nitrogens is 3. The van der Waals surface area contributed by atoms with Gasteiger partial charge < -0.3 is 4.74 Å². The Morgan fingerprint density at radius 1 is 1.25 bits per heavy atom.